The highest BCUT2D eigenvalue weighted by Gasteiger charge is 2.16. The minimum atomic E-state index is 1.12. The Morgan fingerprint density at radius 2 is 2.27 bits per heavy atom. The molecule has 0 aromatic heterocycles. The third kappa shape index (κ3) is 1.38. The molecule has 57 valence electrons. The van der Waals surface area contributed by atoms with Gasteiger partial charge in [-0.25, -0.2) is 0 Å². The van der Waals surface area contributed by atoms with Crippen LogP contribution in [0.3, 0.4) is 0 Å². The lowest BCUT2D eigenvalue weighted by molar-refractivity contribution is 0.352. The van der Waals surface area contributed by atoms with E-state index >= 15 is 0 Å². The molecule has 1 radical (unpaired) electrons. The van der Waals surface area contributed by atoms with Crippen LogP contribution in [0.2, 0.25) is 0 Å². The Kier molecular flexibility index (Phi) is 1.82. The molecule has 0 spiro atoms. The van der Waals surface area contributed by atoms with Crippen LogP contribution >= 0.6 is 0 Å². The molecule has 0 amide bonds. The van der Waals surface area contributed by atoms with E-state index in [-0.39, 0.29) is 0 Å². The highest BCUT2D eigenvalue weighted by atomic mass is 15.1. The maximum Gasteiger partial charge on any atom is 0.203 e. The van der Waals surface area contributed by atoms with Gasteiger partial charge in [-0.2, -0.15) is 0 Å². The monoisotopic (exact) mass is 147 g/mol. The fourth-order valence-corrected chi connectivity index (χ4v) is 1.57. The van der Waals surface area contributed by atoms with Gasteiger partial charge in [0.2, 0.25) is 7.28 Å². The molecule has 0 aliphatic carbocycles. The molecule has 0 N–H and O–H groups in total. The van der Waals surface area contributed by atoms with E-state index in [1.807, 2.05) is 6.11 Å². The summed E-state index contributed by atoms with van der Waals surface area (Å²) >= 11 is 0. The summed E-state index contributed by atoms with van der Waals surface area (Å²) in [5.41, 5.74) is 2.77. The zero-order chi connectivity index (χ0) is 7.68. The molecule has 2 aliphatic heterocycles. The van der Waals surface area contributed by atoms with Crippen molar-refractivity contribution in [3.63, 3.8) is 0 Å². The number of aliphatic imine (C=N–C) groups is 1. The molecule has 0 fully saturated rings. The lowest BCUT2D eigenvalue weighted by Gasteiger charge is -2.11. The second kappa shape index (κ2) is 2.82. The van der Waals surface area contributed by atoms with Gasteiger partial charge in [-0.05, 0) is 19.6 Å². The quantitative estimate of drug-likeness (QED) is 0.459. The molecule has 2 aliphatic rings. The van der Waals surface area contributed by atoms with Gasteiger partial charge in [0.25, 0.3) is 0 Å². The highest BCUT2D eigenvalue weighted by Crippen LogP contribution is 2.20. The summed E-state index contributed by atoms with van der Waals surface area (Å²) in [7, 11) is 4.32. The van der Waals surface area contributed by atoms with Gasteiger partial charge in [0.1, 0.15) is 0 Å². The molecular weight excluding hydrogens is 135 g/mol. The lowest BCUT2D eigenvalue weighted by atomic mass is 9.70. The minimum absolute atomic E-state index is 1.12. The van der Waals surface area contributed by atoms with Gasteiger partial charge >= 0.3 is 0 Å². The molecular formula is C8H12BN2. The highest BCUT2D eigenvalue weighted by molar-refractivity contribution is 6.75. The number of hydrogen-bond donors (Lipinski definition) is 0. The van der Waals surface area contributed by atoms with Crippen molar-refractivity contribution in [1.82, 2.24) is 4.90 Å². The average Bonchev–Trinajstić information content (AvgIpc) is 2.38. The summed E-state index contributed by atoms with van der Waals surface area (Å²) in [5, 5.41) is 0. The first-order valence-corrected chi connectivity index (χ1v) is 4.14. The molecule has 2 rings (SSSR count). The zero-order valence-corrected chi connectivity index (χ0v) is 6.88. The van der Waals surface area contributed by atoms with Crippen LogP contribution in [0.4, 0.5) is 0 Å². The third-order valence-corrected chi connectivity index (χ3v) is 2.37. The van der Waals surface area contributed by atoms with Crippen molar-refractivity contribution in [2.45, 2.75) is 12.8 Å². The normalized spacial score (nSPS) is 24.8. The minimum Gasteiger partial charge on any atom is -0.306 e. The van der Waals surface area contributed by atoms with Crippen molar-refractivity contribution in [2.75, 3.05) is 20.1 Å². The van der Waals surface area contributed by atoms with E-state index in [9.17, 15) is 0 Å². The maximum atomic E-state index is 4.32. The van der Waals surface area contributed by atoms with Gasteiger partial charge in [0.15, 0.2) is 0 Å². The Labute approximate surface area is 68.2 Å². The SMILES string of the molecule is CN1CCC2=C(CC1)N=C[B]2. The molecule has 0 unspecified atom stereocenters. The summed E-state index contributed by atoms with van der Waals surface area (Å²) < 4.78 is 0. The second-order valence-electron chi connectivity index (χ2n) is 3.22. The Bertz CT molecular complexity index is 220. The molecule has 0 aromatic rings. The molecule has 0 atom stereocenters. The average molecular weight is 147 g/mol. The van der Waals surface area contributed by atoms with Crippen molar-refractivity contribution >= 4 is 13.4 Å². The molecule has 0 saturated carbocycles. The Balaban J connectivity index is 2.11. The number of nitrogens with zero attached hydrogens (tertiary/aromatic N) is 2. The van der Waals surface area contributed by atoms with Crippen LogP contribution in [0, 0.1) is 0 Å². The first-order chi connectivity index (χ1) is 5.36. The van der Waals surface area contributed by atoms with Crippen LogP contribution < -0.4 is 0 Å². The van der Waals surface area contributed by atoms with Crippen LogP contribution in [-0.2, 0) is 0 Å². The van der Waals surface area contributed by atoms with Crippen molar-refractivity contribution in [3.05, 3.63) is 11.2 Å². The van der Waals surface area contributed by atoms with Crippen molar-refractivity contribution in [3.8, 4) is 0 Å². The second-order valence-corrected chi connectivity index (χ2v) is 3.22. The topological polar surface area (TPSA) is 15.6 Å². The smallest absolute Gasteiger partial charge is 0.203 e. The van der Waals surface area contributed by atoms with Gasteiger partial charge in [-0.3, -0.25) is 4.99 Å². The number of rotatable bonds is 0. The molecule has 3 heteroatoms. The lowest BCUT2D eigenvalue weighted by Crippen LogP contribution is -2.19. The fraction of sp³-hybridized carbons (Fsp3) is 0.625. The van der Waals surface area contributed by atoms with E-state index in [1.54, 1.807) is 0 Å². The Morgan fingerprint density at radius 1 is 1.45 bits per heavy atom. The molecule has 0 aromatic carbocycles. The molecule has 0 saturated heterocycles. The van der Waals surface area contributed by atoms with Gasteiger partial charge in [0, 0.05) is 25.2 Å². The zero-order valence-electron chi connectivity index (χ0n) is 6.88. The van der Waals surface area contributed by atoms with Crippen LogP contribution in [0.15, 0.2) is 16.2 Å². The van der Waals surface area contributed by atoms with Crippen molar-refractivity contribution in [2.24, 2.45) is 4.99 Å². The van der Waals surface area contributed by atoms with Crippen LogP contribution in [0.1, 0.15) is 12.8 Å². The summed E-state index contributed by atoms with van der Waals surface area (Å²) in [6, 6.07) is 0. The van der Waals surface area contributed by atoms with Crippen LogP contribution in [-0.4, -0.2) is 38.4 Å². The van der Waals surface area contributed by atoms with E-state index in [2.05, 4.69) is 24.2 Å². The Morgan fingerprint density at radius 3 is 3.18 bits per heavy atom. The molecule has 0 bridgehead atoms. The molecule has 2 heterocycles. The summed E-state index contributed by atoms with van der Waals surface area (Å²) in [6.07, 6.45) is 4.22. The van der Waals surface area contributed by atoms with Gasteiger partial charge in [-0.1, -0.05) is 5.47 Å². The molecule has 11 heavy (non-hydrogen) atoms. The van der Waals surface area contributed by atoms with E-state index in [1.165, 1.54) is 24.1 Å². The van der Waals surface area contributed by atoms with Gasteiger partial charge in [-0.15, -0.1) is 0 Å². The van der Waals surface area contributed by atoms with Crippen LogP contribution in [0.5, 0.6) is 0 Å². The number of hydrogen-bond acceptors (Lipinski definition) is 2. The standard InChI is InChI=1S/C8H12BN2/c1-11-4-2-7-8(3-5-11)10-6-9-7/h6H,2-5H2,1H3. The van der Waals surface area contributed by atoms with E-state index < -0.39 is 0 Å². The summed E-state index contributed by atoms with van der Waals surface area (Å²) in [6.45, 7) is 2.34. The maximum absolute atomic E-state index is 4.32. The fourth-order valence-electron chi connectivity index (χ4n) is 1.57. The van der Waals surface area contributed by atoms with Crippen LogP contribution in [0.25, 0.3) is 0 Å². The third-order valence-electron chi connectivity index (χ3n) is 2.37. The van der Waals surface area contributed by atoms with Crippen molar-refractivity contribution in [1.29, 1.82) is 0 Å². The van der Waals surface area contributed by atoms with E-state index in [0.29, 0.717) is 0 Å². The summed E-state index contributed by atoms with van der Waals surface area (Å²) in [5.74, 6) is 0. The van der Waals surface area contributed by atoms with Gasteiger partial charge in [0.05, 0.1) is 0 Å². The van der Waals surface area contributed by atoms with E-state index in [4.69, 9.17) is 0 Å². The predicted octanol–water partition coefficient (Wildman–Crippen LogP) is 0.670. The van der Waals surface area contributed by atoms with Crippen molar-refractivity contribution < 1.29 is 0 Å². The van der Waals surface area contributed by atoms with E-state index in [0.717, 1.165) is 13.0 Å². The molecule has 2 nitrogen and oxygen atoms in total. The first kappa shape index (κ1) is 7.10. The van der Waals surface area contributed by atoms with Gasteiger partial charge < -0.3 is 4.90 Å². The largest absolute Gasteiger partial charge is 0.306 e. The summed E-state index contributed by atoms with van der Waals surface area (Å²) in [4.78, 5) is 6.69. The Hall–Kier alpha value is -0.565. The predicted molar refractivity (Wildman–Crippen MR) is 48.0 cm³/mol. The first-order valence-electron chi connectivity index (χ1n) is 4.14.